The van der Waals surface area contributed by atoms with Gasteiger partial charge in [-0.15, -0.1) is 0 Å². The second kappa shape index (κ2) is 7.34. The quantitative estimate of drug-likeness (QED) is 0.487. The first kappa shape index (κ1) is 14.9. The van der Waals surface area contributed by atoms with Crippen LogP contribution < -0.4 is 10.6 Å². The Morgan fingerprint density at radius 1 is 1.33 bits per heavy atom. The van der Waals surface area contributed by atoms with Crippen molar-refractivity contribution in [1.82, 2.24) is 10.3 Å². The van der Waals surface area contributed by atoms with Gasteiger partial charge in [0.2, 0.25) is 0 Å². The summed E-state index contributed by atoms with van der Waals surface area (Å²) in [5.74, 6) is 0. The van der Waals surface area contributed by atoms with Crippen molar-refractivity contribution in [2.24, 2.45) is 0 Å². The molecule has 0 aliphatic carbocycles. The fourth-order valence-corrected chi connectivity index (χ4v) is 2.32. The van der Waals surface area contributed by atoms with E-state index in [0.29, 0.717) is 6.54 Å². The van der Waals surface area contributed by atoms with Crippen LogP contribution in [0.15, 0.2) is 36.5 Å². The number of carbonyl (C=O) groups excluding carboxylic acids is 1. The van der Waals surface area contributed by atoms with Gasteiger partial charge in [0.05, 0.1) is 4.92 Å². The van der Waals surface area contributed by atoms with Crippen molar-refractivity contribution >= 4 is 27.5 Å². The van der Waals surface area contributed by atoms with Crippen LogP contribution >= 0.6 is 11.3 Å². The van der Waals surface area contributed by atoms with Gasteiger partial charge in [0.25, 0.3) is 0 Å². The molecule has 0 fully saturated rings. The number of aryl methyl sites for hydroxylation is 1. The van der Waals surface area contributed by atoms with Gasteiger partial charge < -0.3 is 5.32 Å². The van der Waals surface area contributed by atoms with E-state index in [1.807, 2.05) is 30.3 Å². The van der Waals surface area contributed by atoms with Gasteiger partial charge >= 0.3 is 11.0 Å². The Kier molecular flexibility index (Phi) is 5.22. The molecule has 0 radical (unpaired) electrons. The van der Waals surface area contributed by atoms with E-state index >= 15 is 0 Å². The second-order valence-electron chi connectivity index (χ2n) is 4.23. The summed E-state index contributed by atoms with van der Waals surface area (Å²) in [6.45, 7) is 0.522. The summed E-state index contributed by atoms with van der Waals surface area (Å²) >= 11 is 0.823. The number of anilines is 1. The van der Waals surface area contributed by atoms with Crippen molar-refractivity contribution in [3.8, 4) is 0 Å². The minimum Gasteiger partial charge on any atom is -0.338 e. The molecule has 2 rings (SSSR count). The molecule has 2 amide bonds. The lowest BCUT2D eigenvalue weighted by Crippen LogP contribution is -2.29. The lowest BCUT2D eigenvalue weighted by atomic mass is 10.1. The third kappa shape index (κ3) is 4.84. The highest BCUT2D eigenvalue weighted by Crippen LogP contribution is 2.24. The third-order valence-corrected chi connectivity index (χ3v) is 3.53. The Hall–Kier alpha value is -2.48. The Balaban J connectivity index is 1.68. The zero-order valence-electron chi connectivity index (χ0n) is 11.1. The molecule has 8 heteroatoms. The third-order valence-electron chi connectivity index (χ3n) is 2.66. The Morgan fingerprint density at radius 3 is 2.76 bits per heavy atom. The molecule has 2 aromatic rings. The summed E-state index contributed by atoms with van der Waals surface area (Å²) in [7, 11) is 0. The lowest BCUT2D eigenvalue weighted by Gasteiger charge is -2.05. The van der Waals surface area contributed by atoms with Crippen molar-refractivity contribution < 1.29 is 9.72 Å². The molecule has 0 saturated carbocycles. The van der Waals surface area contributed by atoms with Crippen molar-refractivity contribution in [3.05, 3.63) is 52.2 Å². The Bertz CT molecular complexity index is 615. The zero-order chi connectivity index (χ0) is 15.1. The normalized spacial score (nSPS) is 10.1. The summed E-state index contributed by atoms with van der Waals surface area (Å²) in [6.07, 6.45) is 2.81. The summed E-state index contributed by atoms with van der Waals surface area (Å²) in [6, 6.07) is 9.58. The molecule has 0 aliphatic rings. The maximum atomic E-state index is 11.6. The van der Waals surface area contributed by atoms with Crippen LogP contribution in [-0.2, 0) is 6.42 Å². The van der Waals surface area contributed by atoms with E-state index in [0.717, 1.165) is 30.4 Å². The summed E-state index contributed by atoms with van der Waals surface area (Å²) < 4.78 is 0. The number of thiazole rings is 1. The highest BCUT2D eigenvalue weighted by Gasteiger charge is 2.12. The van der Waals surface area contributed by atoms with E-state index in [1.165, 1.54) is 5.56 Å². The molecule has 1 aromatic heterocycles. The van der Waals surface area contributed by atoms with E-state index in [2.05, 4.69) is 15.6 Å². The number of nitrogens with one attached hydrogen (secondary N) is 2. The SMILES string of the molecule is O=C(NCCCc1ccccc1)Nc1ncc([N+](=O)[O-])s1. The zero-order valence-corrected chi connectivity index (χ0v) is 11.9. The summed E-state index contributed by atoms with van der Waals surface area (Å²) in [4.78, 5) is 25.3. The molecule has 1 aromatic carbocycles. The molecule has 110 valence electrons. The van der Waals surface area contributed by atoms with E-state index in [-0.39, 0.29) is 10.1 Å². The van der Waals surface area contributed by atoms with Gasteiger partial charge in [0.1, 0.15) is 6.20 Å². The molecular formula is C13H14N4O3S. The van der Waals surface area contributed by atoms with Crippen molar-refractivity contribution in [1.29, 1.82) is 0 Å². The smallest absolute Gasteiger partial charge is 0.338 e. The van der Waals surface area contributed by atoms with E-state index in [1.54, 1.807) is 0 Å². The van der Waals surface area contributed by atoms with Crippen molar-refractivity contribution in [2.75, 3.05) is 11.9 Å². The summed E-state index contributed by atoms with van der Waals surface area (Å²) in [5, 5.41) is 15.8. The first-order chi connectivity index (χ1) is 10.1. The molecule has 0 unspecified atom stereocenters. The van der Waals surface area contributed by atoms with Crippen molar-refractivity contribution in [3.63, 3.8) is 0 Å². The predicted molar refractivity (Wildman–Crippen MR) is 80.6 cm³/mol. The largest absolute Gasteiger partial charge is 0.345 e. The highest BCUT2D eigenvalue weighted by atomic mass is 32.1. The van der Waals surface area contributed by atoms with Gasteiger partial charge in [0.15, 0.2) is 5.13 Å². The molecule has 0 bridgehead atoms. The van der Waals surface area contributed by atoms with E-state index in [4.69, 9.17) is 0 Å². The number of urea groups is 1. The molecule has 0 atom stereocenters. The fraction of sp³-hybridized carbons (Fsp3) is 0.231. The number of hydrogen-bond acceptors (Lipinski definition) is 5. The number of nitrogens with zero attached hydrogens (tertiary/aromatic N) is 2. The van der Waals surface area contributed by atoms with Gasteiger partial charge in [-0.1, -0.05) is 30.3 Å². The van der Waals surface area contributed by atoms with Gasteiger partial charge in [-0.2, -0.15) is 0 Å². The molecular weight excluding hydrogens is 292 g/mol. The van der Waals surface area contributed by atoms with Crippen LogP contribution in [0, 0.1) is 10.1 Å². The van der Waals surface area contributed by atoms with E-state index in [9.17, 15) is 14.9 Å². The van der Waals surface area contributed by atoms with Gasteiger partial charge in [-0.05, 0) is 29.7 Å². The Labute approximate surface area is 125 Å². The summed E-state index contributed by atoms with van der Waals surface area (Å²) in [5.41, 5.74) is 1.22. The van der Waals surface area contributed by atoms with Crippen molar-refractivity contribution in [2.45, 2.75) is 12.8 Å². The second-order valence-corrected chi connectivity index (χ2v) is 5.24. The van der Waals surface area contributed by atoms with Gasteiger partial charge in [0, 0.05) is 6.54 Å². The molecule has 1 heterocycles. The molecule has 0 aliphatic heterocycles. The average molecular weight is 306 g/mol. The molecule has 7 nitrogen and oxygen atoms in total. The fourth-order valence-electron chi connectivity index (χ4n) is 1.69. The maximum absolute atomic E-state index is 11.6. The topological polar surface area (TPSA) is 97.2 Å². The van der Waals surface area contributed by atoms with Crippen LogP contribution in [0.2, 0.25) is 0 Å². The van der Waals surface area contributed by atoms with Crippen LogP contribution in [-0.4, -0.2) is 22.5 Å². The number of benzene rings is 1. The highest BCUT2D eigenvalue weighted by molar-refractivity contribution is 7.18. The van der Waals surface area contributed by atoms with Crippen LogP contribution in [0.5, 0.6) is 0 Å². The Morgan fingerprint density at radius 2 is 2.10 bits per heavy atom. The van der Waals surface area contributed by atoms with Crippen LogP contribution in [0.25, 0.3) is 0 Å². The number of nitro groups is 1. The minimum atomic E-state index is -0.541. The number of amides is 2. The number of carbonyl (C=O) groups is 1. The van der Waals surface area contributed by atoms with Crippen LogP contribution in [0.3, 0.4) is 0 Å². The molecule has 21 heavy (non-hydrogen) atoms. The van der Waals surface area contributed by atoms with E-state index < -0.39 is 11.0 Å². The van der Waals surface area contributed by atoms with Crippen LogP contribution in [0.1, 0.15) is 12.0 Å². The monoisotopic (exact) mass is 306 g/mol. The lowest BCUT2D eigenvalue weighted by molar-refractivity contribution is -0.380. The standard InChI is InChI=1S/C13H14N4O3S/c18-12(16-13-15-9-11(21-13)17(19)20)14-8-4-7-10-5-2-1-3-6-10/h1-3,5-6,9H,4,7-8H2,(H2,14,15,16,18). The number of rotatable bonds is 6. The number of aromatic nitrogens is 1. The molecule has 2 N–H and O–H groups in total. The molecule has 0 spiro atoms. The molecule has 0 saturated heterocycles. The first-order valence-electron chi connectivity index (χ1n) is 6.34. The first-order valence-corrected chi connectivity index (χ1v) is 7.16. The predicted octanol–water partition coefficient (Wildman–Crippen LogP) is 2.81. The van der Waals surface area contributed by atoms with Crippen LogP contribution in [0.4, 0.5) is 14.9 Å². The van der Waals surface area contributed by atoms with Gasteiger partial charge in [-0.25, -0.2) is 9.78 Å². The van der Waals surface area contributed by atoms with Gasteiger partial charge in [-0.3, -0.25) is 15.4 Å². The number of hydrogen-bond donors (Lipinski definition) is 2. The minimum absolute atomic E-state index is 0.102. The average Bonchev–Trinajstić information content (AvgIpc) is 2.93. The maximum Gasteiger partial charge on any atom is 0.345 e.